The number of carbonyl (C=O) groups is 2. The Morgan fingerprint density at radius 2 is 1.77 bits per heavy atom. The minimum atomic E-state index is -1.05. The fourth-order valence-electron chi connectivity index (χ4n) is 3.75. The highest BCUT2D eigenvalue weighted by molar-refractivity contribution is 6.05. The fourth-order valence-corrected chi connectivity index (χ4v) is 3.75. The van der Waals surface area contributed by atoms with E-state index in [2.05, 4.69) is 10.4 Å². The van der Waals surface area contributed by atoms with Crippen molar-refractivity contribution in [3.8, 4) is 17.0 Å². The third-order valence-corrected chi connectivity index (χ3v) is 5.61. The van der Waals surface area contributed by atoms with Crippen LogP contribution in [0.25, 0.3) is 22.3 Å². The maximum absolute atomic E-state index is 13.3. The molecule has 0 bridgehead atoms. The van der Waals surface area contributed by atoms with Gasteiger partial charge >= 0.3 is 5.97 Å². The molecule has 1 N–H and O–H groups in total. The first-order valence-corrected chi connectivity index (χ1v) is 11.4. The first-order chi connectivity index (χ1) is 16.8. The highest BCUT2D eigenvalue weighted by atomic mass is 16.5. The number of esters is 1. The first-order valence-electron chi connectivity index (χ1n) is 11.4. The second kappa shape index (κ2) is 9.97. The molecular formula is C27H28N4O4. The van der Waals surface area contributed by atoms with Gasteiger partial charge in [-0.3, -0.25) is 4.79 Å². The molecule has 0 aliphatic carbocycles. The minimum Gasteiger partial charge on any atom is -0.495 e. The van der Waals surface area contributed by atoms with Gasteiger partial charge in [-0.05, 0) is 51.5 Å². The molecular weight excluding hydrogens is 444 g/mol. The van der Waals surface area contributed by atoms with Gasteiger partial charge in [-0.1, -0.05) is 36.4 Å². The number of carbonyl (C=O) groups excluding carboxylic acids is 2. The molecule has 2 aromatic carbocycles. The maximum atomic E-state index is 13.3. The number of methoxy groups -OCH3 is 1. The number of nitrogens with one attached hydrogen (secondary N) is 1. The summed E-state index contributed by atoms with van der Waals surface area (Å²) in [5.74, 6) is -0.572. The minimum absolute atomic E-state index is 0.0453. The smallest absolute Gasteiger partial charge is 0.339 e. The zero-order valence-electron chi connectivity index (χ0n) is 20.4. The zero-order chi connectivity index (χ0) is 25.1. The van der Waals surface area contributed by atoms with E-state index in [1.807, 2.05) is 57.2 Å². The molecule has 1 unspecified atom stereocenters. The lowest BCUT2D eigenvalue weighted by atomic mass is 10.1. The van der Waals surface area contributed by atoms with Crippen LogP contribution in [0.15, 0.2) is 60.8 Å². The summed E-state index contributed by atoms with van der Waals surface area (Å²) in [6.45, 7) is 7.43. The van der Waals surface area contributed by atoms with Crippen molar-refractivity contribution in [1.82, 2.24) is 14.8 Å². The van der Waals surface area contributed by atoms with E-state index in [1.54, 1.807) is 29.1 Å². The molecule has 35 heavy (non-hydrogen) atoms. The van der Waals surface area contributed by atoms with Gasteiger partial charge < -0.3 is 14.8 Å². The normalized spacial score (nSPS) is 11.9. The molecule has 0 saturated heterocycles. The van der Waals surface area contributed by atoms with E-state index < -0.39 is 18.0 Å². The Labute approximate surface area is 203 Å². The van der Waals surface area contributed by atoms with Crippen molar-refractivity contribution in [3.05, 3.63) is 71.9 Å². The number of ether oxygens (including phenoxy) is 2. The van der Waals surface area contributed by atoms with Gasteiger partial charge in [0.1, 0.15) is 5.75 Å². The number of aromatic nitrogens is 3. The van der Waals surface area contributed by atoms with Crippen LogP contribution in [-0.4, -0.2) is 39.9 Å². The van der Waals surface area contributed by atoms with Crippen molar-refractivity contribution in [2.75, 3.05) is 12.4 Å². The second-order valence-electron chi connectivity index (χ2n) is 8.58. The van der Waals surface area contributed by atoms with Crippen LogP contribution in [0.3, 0.4) is 0 Å². The van der Waals surface area contributed by atoms with E-state index in [0.29, 0.717) is 33.7 Å². The van der Waals surface area contributed by atoms with E-state index in [9.17, 15) is 9.59 Å². The standard InChI is InChI=1S/C27H28N4O4/c1-16(2)31-25-21(15-28-31)20(14-22(29-25)19-9-7-6-8-10-19)27(33)35-18(4)26(32)30-23-13-17(3)11-12-24(23)34-5/h6-16,18H,1-5H3,(H,30,32). The van der Waals surface area contributed by atoms with Crippen LogP contribution in [0.5, 0.6) is 5.75 Å². The quantitative estimate of drug-likeness (QED) is 0.373. The van der Waals surface area contributed by atoms with Crippen LogP contribution in [0, 0.1) is 6.92 Å². The Morgan fingerprint density at radius 3 is 2.46 bits per heavy atom. The van der Waals surface area contributed by atoms with Gasteiger partial charge in [-0.15, -0.1) is 0 Å². The number of hydrogen-bond acceptors (Lipinski definition) is 6. The number of nitrogens with zero attached hydrogens (tertiary/aromatic N) is 3. The van der Waals surface area contributed by atoms with Crippen LogP contribution in [0.1, 0.15) is 42.7 Å². The van der Waals surface area contributed by atoms with Crippen molar-refractivity contribution in [3.63, 3.8) is 0 Å². The predicted octanol–water partition coefficient (Wildman–Crippen LogP) is 5.18. The summed E-state index contributed by atoms with van der Waals surface area (Å²) in [5.41, 5.74) is 3.83. The third kappa shape index (κ3) is 5.01. The Kier molecular flexibility index (Phi) is 6.82. The molecule has 0 spiro atoms. The molecule has 0 saturated carbocycles. The highest BCUT2D eigenvalue weighted by Gasteiger charge is 2.24. The SMILES string of the molecule is COc1ccc(C)cc1NC(=O)C(C)OC(=O)c1cc(-c2ccccc2)nc2c1cnn2C(C)C. The highest BCUT2D eigenvalue weighted by Crippen LogP contribution is 2.28. The van der Waals surface area contributed by atoms with Gasteiger partial charge in [0.25, 0.3) is 5.91 Å². The number of amides is 1. The maximum Gasteiger partial charge on any atom is 0.339 e. The largest absolute Gasteiger partial charge is 0.495 e. The monoisotopic (exact) mass is 472 g/mol. The summed E-state index contributed by atoms with van der Waals surface area (Å²) in [5, 5.41) is 7.77. The lowest BCUT2D eigenvalue weighted by molar-refractivity contribution is -0.123. The number of hydrogen-bond donors (Lipinski definition) is 1. The molecule has 1 amide bonds. The summed E-state index contributed by atoms with van der Waals surface area (Å²) in [4.78, 5) is 30.9. The summed E-state index contributed by atoms with van der Waals surface area (Å²) in [6, 6.07) is 16.7. The Hall–Kier alpha value is -4.20. The summed E-state index contributed by atoms with van der Waals surface area (Å²) in [6.07, 6.45) is 0.562. The van der Waals surface area contributed by atoms with E-state index in [0.717, 1.165) is 11.1 Å². The topological polar surface area (TPSA) is 95.3 Å². The molecule has 0 aliphatic heterocycles. The zero-order valence-corrected chi connectivity index (χ0v) is 20.4. The third-order valence-electron chi connectivity index (χ3n) is 5.61. The van der Waals surface area contributed by atoms with Crippen molar-refractivity contribution in [1.29, 1.82) is 0 Å². The van der Waals surface area contributed by atoms with Crippen LogP contribution < -0.4 is 10.1 Å². The molecule has 4 aromatic rings. The molecule has 2 heterocycles. The number of aryl methyl sites for hydroxylation is 1. The molecule has 4 rings (SSSR count). The summed E-state index contributed by atoms with van der Waals surface area (Å²) >= 11 is 0. The summed E-state index contributed by atoms with van der Waals surface area (Å²) in [7, 11) is 1.53. The van der Waals surface area contributed by atoms with Crippen molar-refractivity contribution >= 4 is 28.6 Å². The molecule has 8 nitrogen and oxygen atoms in total. The lowest BCUT2D eigenvalue weighted by Crippen LogP contribution is -2.30. The molecule has 1 atom stereocenters. The van der Waals surface area contributed by atoms with Gasteiger partial charge in [0.05, 0.1) is 35.6 Å². The Balaban J connectivity index is 1.64. The van der Waals surface area contributed by atoms with Crippen molar-refractivity contribution < 1.29 is 19.1 Å². The van der Waals surface area contributed by atoms with Gasteiger partial charge in [-0.2, -0.15) is 5.10 Å². The molecule has 180 valence electrons. The molecule has 8 heteroatoms. The van der Waals surface area contributed by atoms with Crippen LogP contribution in [0.2, 0.25) is 0 Å². The average molecular weight is 473 g/mol. The number of pyridine rings is 1. The van der Waals surface area contributed by atoms with Gasteiger partial charge in [0.15, 0.2) is 11.8 Å². The number of benzene rings is 2. The van der Waals surface area contributed by atoms with Gasteiger partial charge in [0.2, 0.25) is 0 Å². The van der Waals surface area contributed by atoms with E-state index in [4.69, 9.17) is 14.5 Å². The van der Waals surface area contributed by atoms with E-state index in [-0.39, 0.29) is 6.04 Å². The number of fused-ring (bicyclic) bond motifs is 1. The Morgan fingerprint density at radius 1 is 1.03 bits per heavy atom. The first kappa shape index (κ1) is 23.9. The number of anilines is 1. The molecule has 0 fully saturated rings. The van der Waals surface area contributed by atoms with Gasteiger partial charge in [0, 0.05) is 11.6 Å². The van der Waals surface area contributed by atoms with E-state index >= 15 is 0 Å². The fraction of sp³-hybridized carbons (Fsp3) is 0.259. The summed E-state index contributed by atoms with van der Waals surface area (Å²) < 4.78 is 12.7. The van der Waals surface area contributed by atoms with Gasteiger partial charge in [-0.25, -0.2) is 14.5 Å². The van der Waals surface area contributed by atoms with Crippen LogP contribution >= 0.6 is 0 Å². The second-order valence-corrected chi connectivity index (χ2v) is 8.58. The van der Waals surface area contributed by atoms with Crippen LogP contribution in [0.4, 0.5) is 5.69 Å². The van der Waals surface area contributed by atoms with E-state index in [1.165, 1.54) is 14.0 Å². The predicted molar refractivity (Wildman–Crippen MR) is 135 cm³/mol. The number of rotatable bonds is 7. The molecule has 0 radical (unpaired) electrons. The lowest BCUT2D eigenvalue weighted by Gasteiger charge is -2.16. The molecule has 0 aliphatic rings. The molecule has 2 aromatic heterocycles. The average Bonchev–Trinajstić information content (AvgIpc) is 3.28. The van der Waals surface area contributed by atoms with Crippen molar-refractivity contribution in [2.45, 2.75) is 39.8 Å². The van der Waals surface area contributed by atoms with Crippen LogP contribution in [-0.2, 0) is 9.53 Å². The Bertz CT molecular complexity index is 1380. The van der Waals surface area contributed by atoms with Crippen molar-refractivity contribution in [2.24, 2.45) is 0 Å².